The van der Waals surface area contributed by atoms with Crippen molar-refractivity contribution in [2.24, 2.45) is 11.7 Å². The maximum Gasteiger partial charge on any atom is 0.314 e. The number of aromatic hydroxyl groups is 2. The Bertz CT molecular complexity index is 485. The maximum atomic E-state index is 10.8. The normalized spacial score (nSPS) is 18.2. The molecule has 1 aromatic carbocycles. The fourth-order valence-electron chi connectivity index (χ4n) is 2.30. The molecule has 0 spiro atoms. The highest BCUT2D eigenvalue weighted by Crippen LogP contribution is 2.39. The van der Waals surface area contributed by atoms with Crippen LogP contribution in [0.5, 0.6) is 11.5 Å². The summed E-state index contributed by atoms with van der Waals surface area (Å²) in [5.41, 5.74) is 6.01. The Labute approximate surface area is 109 Å². The molecule has 1 aliphatic rings. The average Bonchev–Trinajstić information content (AvgIpc) is 2.41. The van der Waals surface area contributed by atoms with Gasteiger partial charge in [0.1, 0.15) is 0 Å². The van der Waals surface area contributed by atoms with Crippen LogP contribution in [0.4, 0.5) is 5.69 Å². The highest BCUT2D eigenvalue weighted by atomic mass is 16.6. The van der Waals surface area contributed by atoms with E-state index in [2.05, 4.69) is 0 Å². The molecule has 104 valence electrons. The van der Waals surface area contributed by atoms with Crippen LogP contribution in [0.3, 0.4) is 0 Å². The lowest BCUT2D eigenvalue weighted by molar-refractivity contribution is -0.386. The summed E-state index contributed by atoms with van der Waals surface area (Å²) in [6.45, 7) is 1.23. The van der Waals surface area contributed by atoms with Crippen molar-refractivity contribution in [1.82, 2.24) is 0 Å². The number of phenolic OH excluding ortho intramolecular Hbond substituents is 2. The van der Waals surface area contributed by atoms with Crippen molar-refractivity contribution in [3.05, 3.63) is 27.8 Å². The van der Waals surface area contributed by atoms with Crippen LogP contribution in [0.15, 0.2) is 12.1 Å². The summed E-state index contributed by atoms with van der Waals surface area (Å²) >= 11 is 0. The van der Waals surface area contributed by atoms with Crippen molar-refractivity contribution < 1.29 is 19.9 Å². The molecule has 1 saturated heterocycles. The minimum absolute atomic E-state index is 0.150. The zero-order valence-electron chi connectivity index (χ0n) is 10.3. The highest BCUT2D eigenvalue weighted by molar-refractivity contribution is 5.57. The molecule has 2 rings (SSSR count). The second-order valence-electron chi connectivity index (χ2n) is 4.64. The van der Waals surface area contributed by atoms with Crippen LogP contribution in [-0.4, -0.2) is 28.4 Å². The molecular formula is C12H16N2O5. The first-order valence-corrected chi connectivity index (χ1v) is 6.04. The van der Waals surface area contributed by atoms with Crippen molar-refractivity contribution in [2.45, 2.75) is 18.9 Å². The van der Waals surface area contributed by atoms with Gasteiger partial charge < -0.3 is 20.7 Å². The SMILES string of the molecule is N[C@@H](c1cc(O)c(O)c([N+](=O)[O-])c1)C1CCOCC1. The van der Waals surface area contributed by atoms with Crippen LogP contribution >= 0.6 is 0 Å². The number of benzene rings is 1. The van der Waals surface area contributed by atoms with Gasteiger partial charge in [-0.2, -0.15) is 0 Å². The third kappa shape index (κ3) is 2.77. The average molecular weight is 268 g/mol. The first kappa shape index (κ1) is 13.6. The van der Waals surface area contributed by atoms with Crippen LogP contribution in [-0.2, 0) is 4.74 Å². The van der Waals surface area contributed by atoms with Gasteiger partial charge in [0.15, 0.2) is 5.75 Å². The van der Waals surface area contributed by atoms with Gasteiger partial charge in [-0.25, -0.2) is 0 Å². The van der Waals surface area contributed by atoms with Gasteiger partial charge in [-0.15, -0.1) is 0 Å². The number of rotatable bonds is 3. The zero-order chi connectivity index (χ0) is 14.0. The summed E-state index contributed by atoms with van der Waals surface area (Å²) in [7, 11) is 0. The van der Waals surface area contributed by atoms with E-state index in [-0.39, 0.29) is 5.92 Å². The minimum atomic E-state index is -0.741. The topological polar surface area (TPSA) is 119 Å². The van der Waals surface area contributed by atoms with E-state index in [9.17, 15) is 20.3 Å². The lowest BCUT2D eigenvalue weighted by Gasteiger charge is -2.27. The third-order valence-electron chi connectivity index (χ3n) is 3.45. The number of nitro groups is 1. The molecule has 1 aromatic rings. The van der Waals surface area contributed by atoms with E-state index in [1.807, 2.05) is 0 Å². The predicted molar refractivity (Wildman–Crippen MR) is 66.9 cm³/mol. The first-order chi connectivity index (χ1) is 9.00. The Hall–Kier alpha value is -1.86. The minimum Gasteiger partial charge on any atom is -0.504 e. The number of ether oxygens (including phenoxy) is 1. The molecule has 1 heterocycles. The number of hydrogen-bond acceptors (Lipinski definition) is 6. The predicted octanol–water partition coefficient (Wildman–Crippen LogP) is 1.43. The molecule has 19 heavy (non-hydrogen) atoms. The van der Waals surface area contributed by atoms with Gasteiger partial charge in [-0.05, 0) is 30.4 Å². The Kier molecular flexibility index (Phi) is 3.87. The molecule has 0 bridgehead atoms. The summed E-state index contributed by atoms with van der Waals surface area (Å²) in [6, 6.07) is 2.08. The Morgan fingerprint density at radius 2 is 2.00 bits per heavy atom. The molecule has 0 unspecified atom stereocenters. The number of nitrogens with two attached hydrogens (primary N) is 1. The van der Waals surface area contributed by atoms with Crippen LogP contribution in [0, 0.1) is 16.0 Å². The van der Waals surface area contributed by atoms with E-state index in [1.54, 1.807) is 0 Å². The number of phenols is 2. The van der Waals surface area contributed by atoms with E-state index >= 15 is 0 Å². The van der Waals surface area contributed by atoms with Gasteiger partial charge in [-0.3, -0.25) is 10.1 Å². The highest BCUT2D eigenvalue weighted by Gasteiger charge is 2.26. The van der Waals surface area contributed by atoms with Crippen molar-refractivity contribution in [2.75, 3.05) is 13.2 Å². The van der Waals surface area contributed by atoms with Crippen molar-refractivity contribution >= 4 is 5.69 Å². The molecule has 4 N–H and O–H groups in total. The van der Waals surface area contributed by atoms with E-state index in [1.165, 1.54) is 12.1 Å². The van der Waals surface area contributed by atoms with E-state index < -0.39 is 28.2 Å². The van der Waals surface area contributed by atoms with Crippen molar-refractivity contribution in [3.8, 4) is 11.5 Å². The van der Waals surface area contributed by atoms with E-state index in [4.69, 9.17) is 10.5 Å². The monoisotopic (exact) mass is 268 g/mol. The molecule has 1 atom stereocenters. The largest absolute Gasteiger partial charge is 0.504 e. The molecule has 0 amide bonds. The van der Waals surface area contributed by atoms with Crippen molar-refractivity contribution in [3.63, 3.8) is 0 Å². The zero-order valence-corrected chi connectivity index (χ0v) is 10.3. The van der Waals surface area contributed by atoms with Gasteiger partial charge in [0.25, 0.3) is 0 Å². The quantitative estimate of drug-likeness (QED) is 0.433. The molecule has 7 nitrogen and oxygen atoms in total. The number of nitro benzene ring substituents is 1. The standard InChI is InChI=1S/C12H16N2O5/c13-11(7-1-3-19-4-2-7)8-5-9(14(17)18)12(16)10(15)6-8/h5-7,11,15-16H,1-4,13H2/t11-/m1/s1. The summed E-state index contributed by atoms with van der Waals surface area (Å²) in [6.07, 6.45) is 1.55. The lowest BCUT2D eigenvalue weighted by Crippen LogP contribution is -2.27. The van der Waals surface area contributed by atoms with Crippen LogP contribution < -0.4 is 5.73 Å². The molecule has 0 saturated carbocycles. The van der Waals surface area contributed by atoms with Gasteiger partial charge in [0, 0.05) is 25.3 Å². The Balaban J connectivity index is 2.31. The van der Waals surface area contributed by atoms with Gasteiger partial charge in [-0.1, -0.05) is 0 Å². The summed E-state index contributed by atoms with van der Waals surface area (Å²) in [5.74, 6) is -1.10. The molecule has 1 fully saturated rings. The summed E-state index contributed by atoms with van der Waals surface area (Å²) < 4.78 is 5.24. The molecule has 7 heteroatoms. The van der Waals surface area contributed by atoms with E-state index in [0.29, 0.717) is 18.8 Å². The molecule has 1 aliphatic heterocycles. The molecule has 0 aromatic heterocycles. The van der Waals surface area contributed by atoms with Crippen molar-refractivity contribution in [1.29, 1.82) is 0 Å². The second-order valence-corrected chi connectivity index (χ2v) is 4.64. The van der Waals surface area contributed by atoms with Gasteiger partial charge in [0.05, 0.1) is 4.92 Å². The molecule has 0 aliphatic carbocycles. The fraction of sp³-hybridized carbons (Fsp3) is 0.500. The fourth-order valence-corrected chi connectivity index (χ4v) is 2.30. The third-order valence-corrected chi connectivity index (χ3v) is 3.45. The molecular weight excluding hydrogens is 252 g/mol. The lowest BCUT2D eigenvalue weighted by atomic mass is 9.87. The summed E-state index contributed by atoms with van der Waals surface area (Å²) in [4.78, 5) is 10.1. The van der Waals surface area contributed by atoms with Crippen LogP contribution in [0.1, 0.15) is 24.4 Å². The van der Waals surface area contributed by atoms with E-state index in [0.717, 1.165) is 12.8 Å². The van der Waals surface area contributed by atoms with Crippen LogP contribution in [0.25, 0.3) is 0 Å². The number of nitrogens with zero attached hydrogens (tertiary/aromatic N) is 1. The molecule has 0 radical (unpaired) electrons. The smallest absolute Gasteiger partial charge is 0.314 e. The Morgan fingerprint density at radius 3 is 2.58 bits per heavy atom. The summed E-state index contributed by atoms with van der Waals surface area (Å²) in [5, 5.41) is 29.8. The van der Waals surface area contributed by atoms with Gasteiger partial charge in [0.2, 0.25) is 5.75 Å². The second kappa shape index (κ2) is 5.41. The maximum absolute atomic E-state index is 10.8. The van der Waals surface area contributed by atoms with Crippen LogP contribution in [0.2, 0.25) is 0 Å². The van der Waals surface area contributed by atoms with Gasteiger partial charge >= 0.3 is 5.69 Å². The Morgan fingerprint density at radius 1 is 1.37 bits per heavy atom. The first-order valence-electron chi connectivity index (χ1n) is 6.04. The number of hydrogen-bond donors (Lipinski definition) is 3.